The van der Waals surface area contributed by atoms with Gasteiger partial charge in [0, 0.05) is 18.7 Å². The van der Waals surface area contributed by atoms with E-state index in [0.29, 0.717) is 30.1 Å². The molecule has 3 aliphatic heterocycles. The van der Waals surface area contributed by atoms with E-state index in [4.69, 9.17) is 4.74 Å². The van der Waals surface area contributed by atoms with E-state index >= 15 is 0 Å². The average molecular weight is 363 g/mol. The van der Waals surface area contributed by atoms with Gasteiger partial charge < -0.3 is 15.0 Å². The first kappa shape index (κ1) is 16.2. The number of rotatable bonds is 3. The van der Waals surface area contributed by atoms with Crippen molar-refractivity contribution >= 4 is 17.6 Å². The van der Waals surface area contributed by atoms with Gasteiger partial charge in [0.2, 0.25) is 0 Å². The van der Waals surface area contributed by atoms with E-state index in [1.807, 2.05) is 17.0 Å². The van der Waals surface area contributed by atoms with Gasteiger partial charge in [-0.1, -0.05) is 24.3 Å². The Morgan fingerprint density at radius 1 is 1.11 bits per heavy atom. The van der Waals surface area contributed by atoms with Crippen molar-refractivity contribution in [2.24, 2.45) is 0 Å². The molecule has 27 heavy (non-hydrogen) atoms. The maximum Gasteiger partial charge on any atom is 0.322 e. The largest absolute Gasteiger partial charge is 0.495 e. The zero-order valence-corrected chi connectivity index (χ0v) is 15.1. The summed E-state index contributed by atoms with van der Waals surface area (Å²) < 4.78 is 5.42. The first-order valence-corrected chi connectivity index (χ1v) is 9.34. The Kier molecular flexibility index (Phi) is 3.60. The molecule has 2 aromatic rings. The second kappa shape index (κ2) is 6.01. The van der Waals surface area contributed by atoms with Crippen LogP contribution < -0.4 is 15.0 Å². The third-order valence-corrected chi connectivity index (χ3v) is 5.91. The lowest BCUT2D eigenvalue weighted by atomic mass is 9.92. The number of benzene rings is 2. The fourth-order valence-electron chi connectivity index (χ4n) is 4.71. The average Bonchev–Trinajstić information content (AvgIpc) is 3.40. The van der Waals surface area contributed by atoms with E-state index in [1.165, 1.54) is 11.1 Å². The number of carbonyl (C=O) groups excluding carboxylic acids is 2. The molecule has 2 aromatic carbocycles. The predicted octanol–water partition coefficient (Wildman–Crippen LogP) is 3.26. The summed E-state index contributed by atoms with van der Waals surface area (Å²) in [4.78, 5) is 29.1. The van der Waals surface area contributed by atoms with Crippen LogP contribution in [0.4, 0.5) is 10.5 Å². The van der Waals surface area contributed by atoms with E-state index in [1.54, 1.807) is 30.2 Å². The van der Waals surface area contributed by atoms with E-state index in [-0.39, 0.29) is 24.0 Å². The number of amides is 3. The molecular weight excluding hydrogens is 342 g/mol. The fourth-order valence-corrected chi connectivity index (χ4v) is 4.71. The molecule has 5 rings (SSSR count). The van der Waals surface area contributed by atoms with Gasteiger partial charge in [-0.2, -0.15) is 0 Å². The van der Waals surface area contributed by atoms with E-state index in [2.05, 4.69) is 17.4 Å². The molecule has 3 heterocycles. The summed E-state index contributed by atoms with van der Waals surface area (Å²) in [6.07, 6.45) is 2.01. The van der Waals surface area contributed by atoms with Gasteiger partial charge in [-0.15, -0.1) is 0 Å². The highest BCUT2D eigenvalue weighted by Gasteiger charge is 2.46. The highest BCUT2D eigenvalue weighted by molar-refractivity contribution is 6.00. The van der Waals surface area contributed by atoms with Crippen LogP contribution in [0.5, 0.6) is 5.75 Å². The molecule has 0 saturated carbocycles. The van der Waals surface area contributed by atoms with Gasteiger partial charge in [-0.25, -0.2) is 4.79 Å². The van der Waals surface area contributed by atoms with Crippen LogP contribution in [0.2, 0.25) is 0 Å². The van der Waals surface area contributed by atoms with Gasteiger partial charge in [-0.05, 0) is 42.2 Å². The van der Waals surface area contributed by atoms with Gasteiger partial charge >= 0.3 is 6.03 Å². The minimum atomic E-state index is -0.161. The molecule has 2 saturated heterocycles. The highest BCUT2D eigenvalue weighted by Crippen LogP contribution is 2.53. The number of nitrogens with zero attached hydrogens (tertiary/aromatic N) is 2. The predicted molar refractivity (Wildman–Crippen MR) is 101 cm³/mol. The lowest BCUT2D eigenvalue weighted by molar-refractivity contribution is 0.0697. The van der Waals surface area contributed by atoms with Crippen molar-refractivity contribution in [1.29, 1.82) is 0 Å². The molecule has 3 aliphatic rings. The van der Waals surface area contributed by atoms with Crippen LogP contribution in [-0.2, 0) is 0 Å². The molecule has 2 bridgehead atoms. The van der Waals surface area contributed by atoms with E-state index in [9.17, 15) is 9.59 Å². The molecule has 2 fully saturated rings. The minimum Gasteiger partial charge on any atom is -0.495 e. The summed E-state index contributed by atoms with van der Waals surface area (Å²) in [6.45, 7) is 1.15. The van der Waals surface area contributed by atoms with Gasteiger partial charge in [0.1, 0.15) is 5.75 Å². The maximum absolute atomic E-state index is 13.4. The molecule has 6 nitrogen and oxygen atoms in total. The summed E-state index contributed by atoms with van der Waals surface area (Å²) in [5, 5.41) is 2.80. The Labute approximate surface area is 157 Å². The summed E-state index contributed by atoms with van der Waals surface area (Å²) in [6, 6.07) is 13.8. The topological polar surface area (TPSA) is 61.9 Å². The number of anilines is 1. The van der Waals surface area contributed by atoms with Crippen molar-refractivity contribution < 1.29 is 14.3 Å². The Bertz CT molecular complexity index is 911. The van der Waals surface area contributed by atoms with Crippen molar-refractivity contribution in [2.45, 2.75) is 24.9 Å². The second-order valence-electron chi connectivity index (χ2n) is 7.22. The number of ether oxygens (including phenoxy) is 1. The third-order valence-electron chi connectivity index (χ3n) is 5.91. The van der Waals surface area contributed by atoms with Crippen molar-refractivity contribution in [1.82, 2.24) is 10.2 Å². The van der Waals surface area contributed by atoms with Crippen LogP contribution >= 0.6 is 0 Å². The van der Waals surface area contributed by atoms with Gasteiger partial charge in [0.25, 0.3) is 5.91 Å². The quantitative estimate of drug-likeness (QED) is 0.911. The molecule has 0 spiro atoms. The summed E-state index contributed by atoms with van der Waals surface area (Å²) in [5.74, 6) is 0.610. The normalized spacial score (nSPS) is 22.8. The molecular formula is C21H21N3O3. The molecule has 0 aromatic heterocycles. The minimum absolute atomic E-state index is 0.0159. The smallest absolute Gasteiger partial charge is 0.322 e. The summed E-state index contributed by atoms with van der Waals surface area (Å²) in [5.41, 5.74) is 3.78. The number of fused-ring (bicyclic) bond motifs is 5. The van der Waals surface area contributed by atoms with Gasteiger partial charge in [0.05, 0.1) is 24.9 Å². The lowest BCUT2D eigenvalue weighted by Crippen LogP contribution is -2.30. The fraction of sp³-hybridized carbons (Fsp3) is 0.333. The molecule has 3 amide bonds. The monoisotopic (exact) mass is 363 g/mol. The molecule has 2 unspecified atom stereocenters. The number of hydrogen-bond donors (Lipinski definition) is 1. The molecule has 6 heteroatoms. The maximum atomic E-state index is 13.4. The Morgan fingerprint density at radius 3 is 2.41 bits per heavy atom. The number of methoxy groups -OCH3 is 1. The summed E-state index contributed by atoms with van der Waals surface area (Å²) in [7, 11) is 1.58. The SMILES string of the molecule is COc1ccc(C(=O)N2C3CCC2c2ccccc23)cc1N1CCNC1=O. The first-order valence-electron chi connectivity index (χ1n) is 9.34. The van der Waals surface area contributed by atoms with Crippen LogP contribution in [0.3, 0.4) is 0 Å². The van der Waals surface area contributed by atoms with E-state index in [0.717, 1.165) is 12.8 Å². The molecule has 2 atom stereocenters. The van der Waals surface area contributed by atoms with Gasteiger partial charge in [-0.3, -0.25) is 9.69 Å². The molecule has 0 aliphatic carbocycles. The molecule has 1 N–H and O–H groups in total. The third kappa shape index (κ3) is 2.32. The molecule has 138 valence electrons. The first-order chi connectivity index (χ1) is 13.2. The van der Waals surface area contributed by atoms with Crippen molar-refractivity contribution in [2.75, 3.05) is 25.1 Å². The Morgan fingerprint density at radius 2 is 1.81 bits per heavy atom. The van der Waals surface area contributed by atoms with Crippen LogP contribution in [0.25, 0.3) is 0 Å². The highest BCUT2D eigenvalue weighted by atomic mass is 16.5. The van der Waals surface area contributed by atoms with Crippen LogP contribution in [0.15, 0.2) is 42.5 Å². The van der Waals surface area contributed by atoms with Crippen molar-refractivity contribution in [3.8, 4) is 5.75 Å². The Hall–Kier alpha value is -3.02. The summed E-state index contributed by atoms with van der Waals surface area (Å²) >= 11 is 0. The van der Waals surface area contributed by atoms with E-state index < -0.39 is 0 Å². The zero-order valence-electron chi connectivity index (χ0n) is 15.1. The number of nitrogens with one attached hydrogen (secondary N) is 1. The Balaban J connectivity index is 1.51. The van der Waals surface area contributed by atoms with Crippen LogP contribution in [0, 0.1) is 0 Å². The van der Waals surface area contributed by atoms with Crippen LogP contribution in [0.1, 0.15) is 46.4 Å². The van der Waals surface area contributed by atoms with Crippen LogP contribution in [-0.4, -0.2) is 37.0 Å². The lowest BCUT2D eigenvalue weighted by Gasteiger charge is -2.24. The standard InChI is InChI=1S/C21H21N3O3/c1-27-19-9-6-13(12-18(19)23-11-10-22-21(23)26)20(25)24-16-7-8-17(24)15-5-3-2-4-14(15)16/h2-6,9,12,16-17H,7-8,10-11H2,1H3,(H,22,26). The second-order valence-corrected chi connectivity index (χ2v) is 7.22. The number of carbonyl (C=O) groups is 2. The van der Waals surface area contributed by atoms with Crippen molar-refractivity contribution in [3.05, 3.63) is 59.2 Å². The van der Waals surface area contributed by atoms with Crippen molar-refractivity contribution in [3.63, 3.8) is 0 Å². The zero-order chi connectivity index (χ0) is 18.5. The van der Waals surface area contributed by atoms with Gasteiger partial charge in [0.15, 0.2) is 0 Å². The molecule has 0 radical (unpaired) electrons. The number of hydrogen-bond acceptors (Lipinski definition) is 3. The number of urea groups is 1.